The van der Waals surface area contributed by atoms with Gasteiger partial charge in [-0.05, 0) is 62.7 Å². The van der Waals surface area contributed by atoms with Crippen LogP contribution in [0.25, 0.3) is 5.76 Å². The number of aliphatic hydroxyl groups excluding tert-OH is 1. The highest BCUT2D eigenvalue weighted by molar-refractivity contribution is 6.46. The summed E-state index contributed by atoms with van der Waals surface area (Å²) in [7, 11) is 3.85. The predicted octanol–water partition coefficient (Wildman–Crippen LogP) is 4.67. The lowest BCUT2D eigenvalue weighted by molar-refractivity contribution is -0.140. The Morgan fingerprint density at radius 2 is 1.79 bits per heavy atom. The summed E-state index contributed by atoms with van der Waals surface area (Å²) in [6.45, 7) is 11.6. The van der Waals surface area contributed by atoms with Gasteiger partial charge in [0.05, 0.1) is 18.2 Å². The Morgan fingerprint density at radius 1 is 1.12 bits per heavy atom. The molecule has 1 fully saturated rings. The second-order valence-corrected chi connectivity index (χ2v) is 10.0. The summed E-state index contributed by atoms with van der Waals surface area (Å²) >= 11 is 0. The Kier molecular flexibility index (Phi) is 7.51. The van der Waals surface area contributed by atoms with Crippen LogP contribution in [0.15, 0.2) is 48.0 Å². The number of amides is 1. The molecule has 6 heteroatoms. The number of nitrogens with zero attached hydrogens (tertiary/aromatic N) is 2. The van der Waals surface area contributed by atoms with E-state index >= 15 is 0 Å². The van der Waals surface area contributed by atoms with Gasteiger partial charge in [0.25, 0.3) is 11.7 Å². The number of likely N-dealkylation sites (tertiary alicyclic amines) is 1. The highest BCUT2D eigenvalue weighted by Crippen LogP contribution is 2.41. The zero-order valence-corrected chi connectivity index (χ0v) is 21.3. The first-order valence-electron chi connectivity index (χ1n) is 11.7. The van der Waals surface area contributed by atoms with Crippen molar-refractivity contribution in [3.63, 3.8) is 0 Å². The van der Waals surface area contributed by atoms with Crippen molar-refractivity contribution in [3.8, 4) is 5.75 Å². The molecule has 1 unspecified atom stereocenters. The number of aliphatic hydroxyl groups is 1. The number of carbonyl (C=O) groups is 2. The fraction of sp³-hybridized carbons (Fsp3) is 0.429. The fourth-order valence-corrected chi connectivity index (χ4v) is 4.34. The summed E-state index contributed by atoms with van der Waals surface area (Å²) in [6.07, 6.45) is 0. The molecule has 0 spiro atoms. The van der Waals surface area contributed by atoms with E-state index < -0.39 is 17.7 Å². The number of rotatable bonds is 7. The average Bonchev–Trinajstić information content (AvgIpc) is 3.02. The largest absolute Gasteiger partial charge is 0.507 e. The number of carbonyl (C=O) groups excluding carboxylic acids is 2. The van der Waals surface area contributed by atoms with Gasteiger partial charge in [-0.1, -0.05) is 45.0 Å². The van der Waals surface area contributed by atoms with Gasteiger partial charge in [0.15, 0.2) is 0 Å². The Bertz CT molecular complexity index is 1110. The normalized spacial score (nSPS) is 18.1. The van der Waals surface area contributed by atoms with Gasteiger partial charge >= 0.3 is 0 Å². The number of ketones is 1. The molecule has 2 aromatic carbocycles. The van der Waals surface area contributed by atoms with Crippen LogP contribution in [0.2, 0.25) is 0 Å². The quantitative estimate of drug-likeness (QED) is 0.366. The fourth-order valence-electron chi connectivity index (χ4n) is 4.34. The smallest absolute Gasteiger partial charge is 0.295 e. The van der Waals surface area contributed by atoms with Crippen molar-refractivity contribution in [3.05, 3.63) is 70.3 Å². The maximum absolute atomic E-state index is 13.3. The number of hydrogen-bond acceptors (Lipinski definition) is 5. The number of hydrogen-bond donors (Lipinski definition) is 1. The van der Waals surface area contributed by atoms with Gasteiger partial charge in [-0.15, -0.1) is 0 Å². The van der Waals surface area contributed by atoms with Crippen molar-refractivity contribution in [1.29, 1.82) is 0 Å². The lowest BCUT2D eigenvalue weighted by atomic mass is 9.84. The van der Waals surface area contributed by atoms with Crippen LogP contribution in [0.1, 0.15) is 56.0 Å². The number of benzene rings is 2. The van der Waals surface area contributed by atoms with Crippen LogP contribution in [0.5, 0.6) is 5.75 Å². The summed E-state index contributed by atoms with van der Waals surface area (Å²) in [5.74, 6) is -0.657. The van der Waals surface area contributed by atoms with Crippen LogP contribution in [0, 0.1) is 6.92 Å². The molecule has 1 amide bonds. The summed E-state index contributed by atoms with van der Waals surface area (Å²) < 4.78 is 5.81. The molecule has 3 rings (SSSR count). The summed E-state index contributed by atoms with van der Waals surface area (Å²) in [6, 6.07) is 12.5. The minimum Gasteiger partial charge on any atom is -0.507 e. The standard InChI is InChI=1S/C28H36N2O4/c1-8-34-22-14-13-19(17-21(22)28(3,4)5)25(31)23-24(20-12-10-9-11-18(20)2)30(16-15-29(6)7)27(33)26(23)32/h9-14,17,24,31H,8,15-16H2,1-7H3/b25-23+. The van der Waals surface area contributed by atoms with Crippen LogP contribution in [-0.4, -0.2) is 60.4 Å². The molecule has 2 aromatic rings. The van der Waals surface area contributed by atoms with Crippen LogP contribution in [0.4, 0.5) is 0 Å². The van der Waals surface area contributed by atoms with Crippen molar-refractivity contribution in [2.75, 3.05) is 33.8 Å². The molecule has 1 N–H and O–H groups in total. The van der Waals surface area contributed by atoms with E-state index in [-0.39, 0.29) is 16.7 Å². The first-order valence-corrected chi connectivity index (χ1v) is 11.7. The summed E-state index contributed by atoms with van der Waals surface area (Å²) in [5, 5.41) is 11.5. The highest BCUT2D eigenvalue weighted by atomic mass is 16.5. The maximum Gasteiger partial charge on any atom is 0.295 e. The van der Waals surface area contributed by atoms with Crippen LogP contribution in [0.3, 0.4) is 0 Å². The molecule has 1 aliphatic heterocycles. The Labute approximate surface area is 202 Å². The molecular weight excluding hydrogens is 428 g/mol. The van der Waals surface area contributed by atoms with E-state index in [9.17, 15) is 14.7 Å². The first kappa shape index (κ1) is 25.5. The minimum absolute atomic E-state index is 0.127. The van der Waals surface area contributed by atoms with E-state index in [1.807, 2.05) is 69.2 Å². The summed E-state index contributed by atoms with van der Waals surface area (Å²) in [5.41, 5.74) is 3.10. The minimum atomic E-state index is -0.657. The van der Waals surface area contributed by atoms with Crippen molar-refractivity contribution in [2.45, 2.75) is 46.1 Å². The van der Waals surface area contributed by atoms with Crippen molar-refractivity contribution < 1.29 is 19.4 Å². The molecule has 0 bridgehead atoms. The van der Waals surface area contributed by atoms with Gasteiger partial charge in [-0.2, -0.15) is 0 Å². The number of aryl methyl sites for hydroxylation is 1. The van der Waals surface area contributed by atoms with Crippen LogP contribution >= 0.6 is 0 Å². The van der Waals surface area contributed by atoms with E-state index in [0.717, 1.165) is 22.4 Å². The number of ether oxygens (including phenoxy) is 1. The molecule has 0 radical (unpaired) electrons. The van der Waals surface area contributed by atoms with Crippen molar-refractivity contribution in [1.82, 2.24) is 9.80 Å². The molecule has 0 saturated carbocycles. The van der Waals surface area contributed by atoms with Crippen LogP contribution < -0.4 is 4.74 Å². The van der Waals surface area contributed by atoms with Gasteiger partial charge in [0, 0.05) is 24.2 Å². The third-order valence-corrected chi connectivity index (χ3v) is 6.17. The molecule has 182 valence electrons. The van der Waals surface area contributed by atoms with Crippen molar-refractivity contribution >= 4 is 17.4 Å². The zero-order valence-electron chi connectivity index (χ0n) is 21.3. The van der Waals surface area contributed by atoms with Gasteiger partial charge in [0.2, 0.25) is 0 Å². The van der Waals surface area contributed by atoms with E-state index in [4.69, 9.17) is 4.74 Å². The molecule has 1 atom stereocenters. The number of Topliss-reactive ketones (excluding diaryl/α,β-unsaturated/α-hetero) is 1. The lowest BCUT2D eigenvalue weighted by Crippen LogP contribution is -2.35. The zero-order chi connectivity index (χ0) is 25.2. The number of likely N-dealkylation sites (N-methyl/N-ethyl adjacent to an activating group) is 1. The predicted molar refractivity (Wildman–Crippen MR) is 135 cm³/mol. The monoisotopic (exact) mass is 464 g/mol. The first-order chi connectivity index (χ1) is 16.0. The van der Waals surface area contributed by atoms with Gasteiger partial charge in [-0.25, -0.2) is 0 Å². The van der Waals surface area contributed by atoms with Crippen LogP contribution in [-0.2, 0) is 15.0 Å². The third kappa shape index (κ3) is 5.02. The molecular formula is C28H36N2O4. The molecule has 1 heterocycles. The second-order valence-electron chi connectivity index (χ2n) is 10.0. The Hall–Kier alpha value is -3.12. The van der Waals surface area contributed by atoms with E-state index in [1.165, 1.54) is 0 Å². The topological polar surface area (TPSA) is 70.1 Å². The summed E-state index contributed by atoms with van der Waals surface area (Å²) in [4.78, 5) is 29.9. The third-order valence-electron chi connectivity index (χ3n) is 6.17. The molecule has 1 aliphatic rings. The van der Waals surface area contributed by atoms with E-state index in [0.29, 0.717) is 25.3 Å². The van der Waals surface area contributed by atoms with E-state index in [1.54, 1.807) is 11.0 Å². The molecule has 34 heavy (non-hydrogen) atoms. The van der Waals surface area contributed by atoms with Gasteiger partial charge < -0.3 is 19.6 Å². The van der Waals surface area contributed by atoms with E-state index in [2.05, 4.69) is 20.8 Å². The molecule has 6 nitrogen and oxygen atoms in total. The maximum atomic E-state index is 13.3. The lowest BCUT2D eigenvalue weighted by Gasteiger charge is -2.28. The molecule has 0 aromatic heterocycles. The van der Waals surface area contributed by atoms with Crippen molar-refractivity contribution in [2.24, 2.45) is 0 Å². The Balaban J connectivity index is 2.21. The molecule has 1 saturated heterocycles. The molecule has 0 aliphatic carbocycles. The highest BCUT2D eigenvalue weighted by Gasteiger charge is 2.46. The van der Waals surface area contributed by atoms with Gasteiger partial charge in [-0.3, -0.25) is 9.59 Å². The SMILES string of the molecule is CCOc1ccc(/C(O)=C2\C(=O)C(=O)N(CCN(C)C)C2c2ccccc2C)cc1C(C)(C)C. The van der Waals surface area contributed by atoms with Gasteiger partial charge in [0.1, 0.15) is 11.5 Å². The average molecular weight is 465 g/mol. The Morgan fingerprint density at radius 3 is 2.38 bits per heavy atom. The second kappa shape index (κ2) is 10.0.